The van der Waals surface area contributed by atoms with E-state index < -0.39 is 0 Å². The van der Waals surface area contributed by atoms with E-state index in [2.05, 4.69) is 36.5 Å². The molecule has 4 nitrogen and oxygen atoms in total. The first kappa shape index (κ1) is 14.6. The van der Waals surface area contributed by atoms with Gasteiger partial charge in [0.15, 0.2) is 0 Å². The van der Waals surface area contributed by atoms with Crippen molar-refractivity contribution in [3.8, 4) is 5.75 Å². The maximum Gasteiger partial charge on any atom is 0.123 e. The topological polar surface area (TPSA) is 39.1 Å². The second kappa shape index (κ2) is 7.10. The minimum absolute atomic E-state index is 0.735. The van der Waals surface area contributed by atoms with Crippen molar-refractivity contribution in [2.45, 2.75) is 33.4 Å². The lowest BCUT2D eigenvalue weighted by Crippen LogP contribution is -2.13. The molecule has 1 aromatic carbocycles. The van der Waals surface area contributed by atoms with Crippen LogP contribution in [0.5, 0.6) is 5.75 Å². The second-order valence-corrected chi connectivity index (χ2v) is 4.93. The molecule has 0 aliphatic heterocycles. The molecule has 0 saturated carbocycles. The Hall–Kier alpha value is -1.81. The number of nitrogens with zero attached hydrogens (tertiary/aromatic N) is 2. The minimum atomic E-state index is 0.735. The highest BCUT2D eigenvalue weighted by atomic mass is 16.5. The Morgan fingerprint density at radius 2 is 2.05 bits per heavy atom. The van der Waals surface area contributed by atoms with Gasteiger partial charge in [-0.2, -0.15) is 5.10 Å². The first-order chi connectivity index (χ1) is 9.74. The molecule has 0 saturated heterocycles. The molecule has 20 heavy (non-hydrogen) atoms. The van der Waals surface area contributed by atoms with Gasteiger partial charge in [-0.1, -0.05) is 25.1 Å². The highest BCUT2D eigenvalue weighted by Gasteiger charge is 2.07. The van der Waals surface area contributed by atoms with Crippen LogP contribution in [0.15, 0.2) is 30.5 Å². The summed E-state index contributed by atoms with van der Waals surface area (Å²) in [6.07, 6.45) is 3.26. The van der Waals surface area contributed by atoms with Gasteiger partial charge in [0.2, 0.25) is 0 Å². The van der Waals surface area contributed by atoms with Gasteiger partial charge in [0.05, 0.1) is 19.3 Å². The second-order valence-electron chi connectivity index (χ2n) is 4.93. The van der Waals surface area contributed by atoms with Crippen LogP contribution in [0.3, 0.4) is 0 Å². The van der Waals surface area contributed by atoms with Gasteiger partial charge in [-0.15, -0.1) is 0 Å². The standard InChI is InChI=1S/C16H23N3O/c1-4-9-17-10-15-12-19(18-13(15)2)11-14-7-5-6-8-16(14)20-3/h5-8,12,17H,4,9-11H2,1-3H3. The lowest BCUT2D eigenvalue weighted by molar-refractivity contribution is 0.407. The number of hydrogen-bond acceptors (Lipinski definition) is 3. The van der Waals surface area contributed by atoms with Gasteiger partial charge in [-0.25, -0.2) is 0 Å². The van der Waals surface area contributed by atoms with E-state index in [1.54, 1.807) is 7.11 Å². The van der Waals surface area contributed by atoms with Crippen LogP contribution >= 0.6 is 0 Å². The number of benzene rings is 1. The van der Waals surface area contributed by atoms with E-state index in [0.717, 1.165) is 43.1 Å². The van der Waals surface area contributed by atoms with E-state index in [1.807, 2.05) is 22.9 Å². The maximum atomic E-state index is 5.38. The molecule has 0 aliphatic carbocycles. The third-order valence-electron chi connectivity index (χ3n) is 3.32. The molecule has 2 aromatic rings. The Labute approximate surface area is 120 Å². The molecule has 0 bridgehead atoms. The fraction of sp³-hybridized carbons (Fsp3) is 0.438. The molecule has 0 radical (unpaired) electrons. The fourth-order valence-electron chi connectivity index (χ4n) is 2.22. The third kappa shape index (κ3) is 3.61. The van der Waals surface area contributed by atoms with Crippen LogP contribution in [-0.4, -0.2) is 23.4 Å². The minimum Gasteiger partial charge on any atom is -0.496 e. The van der Waals surface area contributed by atoms with Crippen molar-refractivity contribution in [3.05, 3.63) is 47.3 Å². The molecule has 0 fully saturated rings. The number of ether oxygens (including phenoxy) is 1. The fourth-order valence-corrected chi connectivity index (χ4v) is 2.22. The molecule has 0 atom stereocenters. The van der Waals surface area contributed by atoms with Crippen molar-refractivity contribution in [2.75, 3.05) is 13.7 Å². The predicted molar refractivity (Wildman–Crippen MR) is 81.1 cm³/mol. The zero-order valence-corrected chi connectivity index (χ0v) is 12.5. The Balaban J connectivity index is 2.08. The highest BCUT2D eigenvalue weighted by molar-refractivity contribution is 5.33. The number of aromatic nitrogens is 2. The molecular formula is C16H23N3O. The number of methoxy groups -OCH3 is 1. The van der Waals surface area contributed by atoms with E-state index >= 15 is 0 Å². The number of aryl methyl sites for hydroxylation is 1. The van der Waals surface area contributed by atoms with Gasteiger partial charge in [0.1, 0.15) is 5.75 Å². The molecule has 108 valence electrons. The summed E-state index contributed by atoms with van der Waals surface area (Å²) in [6, 6.07) is 8.06. The zero-order valence-electron chi connectivity index (χ0n) is 12.5. The summed E-state index contributed by atoms with van der Waals surface area (Å²) >= 11 is 0. The van der Waals surface area contributed by atoms with E-state index in [1.165, 1.54) is 5.56 Å². The number of hydrogen-bond donors (Lipinski definition) is 1. The Bertz CT molecular complexity index is 548. The van der Waals surface area contributed by atoms with E-state index in [4.69, 9.17) is 4.74 Å². The number of nitrogens with one attached hydrogen (secondary N) is 1. The summed E-state index contributed by atoms with van der Waals surface area (Å²) in [5.74, 6) is 0.909. The molecule has 1 aromatic heterocycles. The summed E-state index contributed by atoms with van der Waals surface area (Å²) in [7, 11) is 1.70. The molecule has 1 N–H and O–H groups in total. The summed E-state index contributed by atoms with van der Waals surface area (Å²) in [4.78, 5) is 0. The van der Waals surface area contributed by atoms with Crippen LogP contribution in [0.1, 0.15) is 30.2 Å². The molecule has 1 heterocycles. The van der Waals surface area contributed by atoms with Crippen molar-refractivity contribution in [2.24, 2.45) is 0 Å². The SMILES string of the molecule is CCCNCc1cn(Cc2ccccc2OC)nc1C. The lowest BCUT2D eigenvalue weighted by atomic mass is 10.2. The van der Waals surface area contributed by atoms with Crippen LogP contribution in [0.2, 0.25) is 0 Å². The average Bonchev–Trinajstić information content (AvgIpc) is 2.80. The van der Waals surface area contributed by atoms with Gasteiger partial charge < -0.3 is 10.1 Å². The van der Waals surface area contributed by atoms with Gasteiger partial charge in [0, 0.05) is 23.9 Å². The quantitative estimate of drug-likeness (QED) is 0.788. The largest absolute Gasteiger partial charge is 0.496 e. The molecule has 0 spiro atoms. The predicted octanol–water partition coefficient (Wildman–Crippen LogP) is 2.75. The van der Waals surface area contributed by atoms with E-state index in [9.17, 15) is 0 Å². The summed E-state index contributed by atoms with van der Waals surface area (Å²) in [5, 5.41) is 8.00. The van der Waals surface area contributed by atoms with Crippen LogP contribution < -0.4 is 10.1 Å². The Morgan fingerprint density at radius 3 is 2.80 bits per heavy atom. The van der Waals surface area contributed by atoms with E-state index in [-0.39, 0.29) is 0 Å². The van der Waals surface area contributed by atoms with Gasteiger partial charge >= 0.3 is 0 Å². The van der Waals surface area contributed by atoms with Crippen molar-refractivity contribution in [1.82, 2.24) is 15.1 Å². The molecule has 0 amide bonds. The van der Waals surface area contributed by atoms with Crippen LogP contribution in [0, 0.1) is 6.92 Å². The van der Waals surface area contributed by atoms with Crippen LogP contribution in [0.4, 0.5) is 0 Å². The summed E-state index contributed by atoms with van der Waals surface area (Å²) in [6.45, 7) is 6.88. The Kier molecular flexibility index (Phi) is 5.18. The van der Waals surface area contributed by atoms with Crippen LogP contribution in [0.25, 0.3) is 0 Å². The van der Waals surface area contributed by atoms with Crippen molar-refractivity contribution >= 4 is 0 Å². The highest BCUT2D eigenvalue weighted by Crippen LogP contribution is 2.18. The normalized spacial score (nSPS) is 10.8. The molecule has 0 unspecified atom stereocenters. The molecule has 2 rings (SSSR count). The molecular weight excluding hydrogens is 250 g/mol. The molecule has 0 aliphatic rings. The van der Waals surface area contributed by atoms with Crippen molar-refractivity contribution < 1.29 is 4.74 Å². The van der Waals surface area contributed by atoms with Crippen LogP contribution in [-0.2, 0) is 13.1 Å². The van der Waals surface area contributed by atoms with Gasteiger partial charge in [-0.05, 0) is 26.0 Å². The summed E-state index contributed by atoms with van der Waals surface area (Å²) < 4.78 is 7.36. The third-order valence-corrected chi connectivity index (χ3v) is 3.32. The van der Waals surface area contributed by atoms with Crippen molar-refractivity contribution in [1.29, 1.82) is 0 Å². The smallest absolute Gasteiger partial charge is 0.123 e. The monoisotopic (exact) mass is 273 g/mol. The van der Waals surface area contributed by atoms with Crippen molar-refractivity contribution in [3.63, 3.8) is 0 Å². The average molecular weight is 273 g/mol. The number of rotatable bonds is 7. The Morgan fingerprint density at radius 1 is 1.25 bits per heavy atom. The maximum absolute atomic E-state index is 5.38. The molecule has 4 heteroatoms. The first-order valence-corrected chi connectivity index (χ1v) is 7.10. The van der Waals surface area contributed by atoms with E-state index in [0.29, 0.717) is 0 Å². The zero-order chi connectivity index (χ0) is 14.4. The van der Waals surface area contributed by atoms with Gasteiger partial charge in [-0.3, -0.25) is 4.68 Å². The summed E-state index contributed by atoms with van der Waals surface area (Å²) in [5.41, 5.74) is 3.49. The number of para-hydroxylation sites is 1. The van der Waals surface area contributed by atoms with Gasteiger partial charge in [0.25, 0.3) is 0 Å². The first-order valence-electron chi connectivity index (χ1n) is 7.10. The lowest BCUT2D eigenvalue weighted by Gasteiger charge is -2.07.